The highest BCUT2D eigenvalue weighted by molar-refractivity contribution is 5.80. The first-order chi connectivity index (χ1) is 6.16. The van der Waals surface area contributed by atoms with Gasteiger partial charge in [0.2, 0.25) is 0 Å². The molecule has 4 nitrogen and oxygen atoms in total. The molecule has 1 aliphatic rings. The molecule has 0 aromatic carbocycles. The highest BCUT2D eigenvalue weighted by Gasteiger charge is 2.27. The van der Waals surface area contributed by atoms with Gasteiger partial charge >= 0.3 is 0 Å². The molecule has 2 atom stereocenters. The molecule has 1 heterocycles. The minimum absolute atomic E-state index is 0.0856. The summed E-state index contributed by atoms with van der Waals surface area (Å²) in [6, 6.07) is 0.0856. The Hall–Kier alpha value is -0.610. The third kappa shape index (κ3) is 2.42. The molecule has 0 aliphatic carbocycles. The first kappa shape index (κ1) is 10.5. The number of rotatable bonds is 2. The second kappa shape index (κ2) is 4.58. The Kier molecular flexibility index (Phi) is 3.69. The fourth-order valence-electron chi connectivity index (χ4n) is 1.42. The zero-order valence-corrected chi connectivity index (χ0v) is 8.19. The van der Waals surface area contributed by atoms with Crippen molar-refractivity contribution >= 4 is 5.91 Å². The van der Waals surface area contributed by atoms with E-state index in [2.05, 4.69) is 0 Å². The van der Waals surface area contributed by atoms with E-state index in [-0.39, 0.29) is 11.9 Å². The van der Waals surface area contributed by atoms with Gasteiger partial charge in [0.05, 0.1) is 19.3 Å². The molecule has 0 aromatic rings. The number of carbonyl (C=O) groups excluding carboxylic acids is 1. The zero-order valence-electron chi connectivity index (χ0n) is 8.19. The summed E-state index contributed by atoms with van der Waals surface area (Å²) in [6.07, 6.45) is -0.372. The van der Waals surface area contributed by atoms with Gasteiger partial charge in [-0.1, -0.05) is 6.92 Å². The van der Waals surface area contributed by atoms with E-state index in [0.717, 1.165) is 0 Å². The molecule has 76 valence electrons. The van der Waals surface area contributed by atoms with E-state index in [1.54, 1.807) is 11.8 Å². The highest BCUT2D eigenvalue weighted by atomic mass is 16.5. The molecule has 13 heavy (non-hydrogen) atoms. The summed E-state index contributed by atoms with van der Waals surface area (Å²) in [7, 11) is 0. The molecule has 0 radical (unpaired) electrons. The SMILES string of the molecule is CCC(O)C(=O)N1CCOC[C@H]1C. The maximum absolute atomic E-state index is 11.6. The number of carbonyl (C=O) groups is 1. The van der Waals surface area contributed by atoms with E-state index in [0.29, 0.717) is 26.2 Å². The Morgan fingerprint density at radius 2 is 2.46 bits per heavy atom. The number of nitrogens with zero attached hydrogens (tertiary/aromatic N) is 1. The second-order valence-electron chi connectivity index (χ2n) is 3.38. The number of aliphatic hydroxyl groups excluding tert-OH is 1. The molecular formula is C9H17NO3. The van der Waals surface area contributed by atoms with Crippen LogP contribution in [-0.2, 0) is 9.53 Å². The van der Waals surface area contributed by atoms with Gasteiger partial charge in [-0.15, -0.1) is 0 Å². The van der Waals surface area contributed by atoms with Gasteiger partial charge in [0.15, 0.2) is 0 Å². The highest BCUT2D eigenvalue weighted by Crippen LogP contribution is 2.09. The van der Waals surface area contributed by atoms with Crippen molar-refractivity contribution in [1.82, 2.24) is 4.90 Å². The van der Waals surface area contributed by atoms with Gasteiger partial charge in [-0.25, -0.2) is 0 Å². The van der Waals surface area contributed by atoms with E-state index in [1.807, 2.05) is 6.92 Å². The first-order valence-corrected chi connectivity index (χ1v) is 4.73. The van der Waals surface area contributed by atoms with Crippen molar-refractivity contribution in [2.45, 2.75) is 32.4 Å². The third-order valence-corrected chi connectivity index (χ3v) is 2.32. The summed E-state index contributed by atoms with van der Waals surface area (Å²) in [5.41, 5.74) is 0. The lowest BCUT2D eigenvalue weighted by Crippen LogP contribution is -2.50. The average molecular weight is 187 g/mol. The predicted octanol–water partition coefficient (Wildman–Crippen LogP) is 0.00460. The van der Waals surface area contributed by atoms with Crippen molar-refractivity contribution in [3.8, 4) is 0 Å². The quantitative estimate of drug-likeness (QED) is 0.662. The summed E-state index contributed by atoms with van der Waals surface area (Å²) < 4.78 is 5.20. The standard InChI is InChI=1S/C9H17NO3/c1-3-8(11)9(12)10-4-5-13-6-7(10)2/h7-8,11H,3-6H2,1-2H3/t7-,8?/m1/s1. The monoisotopic (exact) mass is 187 g/mol. The Morgan fingerprint density at radius 3 is 3.00 bits per heavy atom. The van der Waals surface area contributed by atoms with Crippen molar-refractivity contribution in [2.24, 2.45) is 0 Å². The second-order valence-corrected chi connectivity index (χ2v) is 3.38. The number of aliphatic hydroxyl groups is 1. The first-order valence-electron chi connectivity index (χ1n) is 4.73. The summed E-state index contributed by atoms with van der Waals surface area (Å²) in [6.45, 7) is 5.47. The Labute approximate surface area is 78.5 Å². The molecule has 0 spiro atoms. The summed E-state index contributed by atoms with van der Waals surface area (Å²) in [5.74, 6) is -0.168. The van der Waals surface area contributed by atoms with Gasteiger partial charge in [-0.2, -0.15) is 0 Å². The van der Waals surface area contributed by atoms with Crippen LogP contribution in [0.15, 0.2) is 0 Å². The largest absolute Gasteiger partial charge is 0.383 e. The van der Waals surface area contributed by atoms with Crippen LogP contribution >= 0.6 is 0 Å². The molecule has 1 unspecified atom stereocenters. The number of amides is 1. The Morgan fingerprint density at radius 1 is 1.77 bits per heavy atom. The molecule has 1 aliphatic heterocycles. The van der Waals surface area contributed by atoms with Gasteiger partial charge in [0, 0.05) is 6.54 Å². The lowest BCUT2D eigenvalue weighted by molar-refractivity contribution is -0.148. The van der Waals surface area contributed by atoms with E-state index in [1.165, 1.54) is 0 Å². The summed E-state index contributed by atoms with van der Waals surface area (Å²) >= 11 is 0. The van der Waals surface area contributed by atoms with E-state index < -0.39 is 6.10 Å². The van der Waals surface area contributed by atoms with Crippen LogP contribution in [0.2, 0.25) is 0 Å². The van der Waals surface area contributed by atoms with Crippen LogP contribution in [0.4, 0.5) is 0 Å². The molecule has 1 fully saturated rings. The van der Waals surface area contributed by atoms with Crippen molar-refractivity contribution < 1.29 is 14.6 Å². The summed E-state index contributed by atoms with van der Waals surface area (Å²) in [4.78, 5) is 13.3. The van der Waals surface area contributed by atoms with E-state index in [4.69, 9.17) is 4.74 Å². The van der Waals surface area contributed by atoms with Crippen LogP contribution in [0, 0.1) is 0 Å². The molecule has 1 N–H and O–H groups in total. The molecule has 1 saturated heterocycles. The third-order valence-electron chi connectivity index (χ3n) is 2.32. The fraction of sp³-hybridized carbons (Fsp3) is 0.889. The van der Waals surface area contributed by atoms with Gasteiger partial charge in [0.1, 0.15) is 6.10 Å². The number of hydrogen-bond donors (Lipinski definition) is 1. The number of ether oxygens (including phenoxy) is 1. The van der Waals surface area contributed by atoms with Gasteiger partial charge in [-0.3, -0.25) is 4.79 Å². The van der Waals surface area contributed by atoms with Gasteiger partial charge < -0.3 is 14.7 Å². The average Bonchev–Trinajstić information content (AvgIpc) is 2.16. The molecular weight excluding hydrogens is 170 g/mol. The van der Waals surface area contributed by atoms with Crippen molar-refractivity contribution in [3.63, 3.8) is 0 Å². The van der Waals surface area contributed by atoms with Crippen LogP contribution < -0.4 is 0 Å². The van der Waals surface area contributed by atoms with Crippen molar-refractivity contribution in [3.05, 3.63) is 0 Å². The molecule has 0 saturated carbocycles. The molecule has 0 bridgehead atoms. The fourth-order valence-corrected chi connectivity index (χ4v) is 1.42. The van der Waals surface area contributed by atoms with Gasteiger partial charge in [0.25, 0.3) is 5.91 Å². The topological polar surface area (TPSA) is 49.8 Å². The predicted molar refractivity (Wildman–Crippen MR) is 48.3 cm³/mol. The van der Waals surface area contributed by atoms with Crippen molar-refractivity contribution in [1.29, 1.82) is 0 Å². The zero-order chi connectivity index (χ0) is 9.84. The molecule has 1 amide bonds. The Balaban J connectivity index is 2.53. The number of morpholine rings is 1. The van der Waals surface area contributed by atoms with Crippen LogP contribution in [0.25, 0.3) is 0 Å². The van der Waals surface area contributed by atoms with Crippen LogP contribution in [0.3, 0.4) is 0 Å². The Bertz CT molecular complexity index is 184. The minimum Gasteiger partial charge on any atom is -0.383 e. The van der Waals surface area contributed by atoms with Crippen LogP contribution in [-0.4, -0.2) is 47.8 Å². The summed E-state index contributed by atoms with van der Waals surface area (Å²) in [5, 5.41) is 9.36. The molecule has 4 heteroatoms. The molecule has 1 rings (SSSR count). The smallest absolute Gasteiger partial charge is 0.251 e. The maximum atomic E-state index is 11.6. The minimum atomic E-state index is -0.847. The van der Waals surface area contributed by atoms with Crippen LogP contribution in [0.5, 0.6) is 0 Å². The normalized spacial score (nSPS) is 25.8. The maximum Gasteiger partial charge on any atom is 0.251 e. The lowest BCUT2D eigenvalue weighted by Gasteiger charge is -2.34. The van der Waals surface area contributed by atoms with Crippen molar-refractivity contribution in [2.75, 3.05) is 19.8 Å². The molecule has 0 aromatic heterocycles. The van der Waals surface area contributed by atoms with E-state index >= 15 is 0 Å². The lowest BCUT2D eigenvalue weighted by atomic mass is 10.2. The number of hydrogen-bond acceptors (Lipinski definition) is 3. The van der Waals surface area contributed by atoms with E-state index in [9.17, 15) is 9.90 Å². The van der Waals surface area contributed by atoms with Gasteiger partial charge in [-0.05, 0) is 13.3 Å². The van der Waals surface area contributed by atoms with Crippen LogP contribution in [0.1, 0.15) is 20.3 Å².